The molecule has 0 amide bonds. The van der Waals surface area contributed by atoms with Gasteiger partial charge in [0, 0.05) is 105 Å². The molecule has 28 heteroatoms. The van der Waals surface area contributed by atoms with Gasteiger partial charge in [-0.1, -0.05) is 0 Å². The van der Waals surface area contributed by atoms with Gasteiger partial charge in [-0.3, -0.25) is 52.4 Å². The van der Waals surface area contributed by atoms with E-state index in [9.17, 15) is 17.6 Å². The van der Waals surface area contributed by atoms with Crippen LogP contribution in [-0.2, 0) is 0 Å². The summed E-state index contributed by atoms with van der Waals surface area (Å²) in [6.45, 7) is 12.9. The third kappa shape index (κ3) is 30.8. The molecule has 14 heterocycles. The number of rotatable bonds is 45. The normalized spacial score (nSPS) is 29.3. The predicted molar refractivity (Wildman–Crippen MR) is 490 cm³/mol. The van der Waals surface area contributed by atoms with Gasteiger partial charge in [0.05, 0.1) is 70.1 Å². The zero-order valence-electron chi connectivity index (χ0n) is 75.4. The van der Waals surface area contributed by atoms with Crippen LogP contribution in [-0.4, -0.2) is 231 Å². The summed E-state index contributed by atoms with van der Waals surface area (Å²) in [6, 6.07) is 18.2. The first-order valence-corrected chi connectivity index (χ1v) is 48.8. The van der Waals surface area contributed by atoms with Crippen molar-refractivity contribution in [2.24, 2.45) is 41.4 Å². The highest BCUT2D eigenvalue weighted by Gasteiger charge is 2.44. The Kier molecular flexibility index (Phi) is 37.2. The Bertz CT molecular complexity index is 3940. The van der Waals surface area contributed by atoms with Gasteiger partial charge in [0.1, 0.15) is 86.5 Å². The molecule has 7 aromatic heterocycles. The van der Waals surface area contributed by atoms with Crippen LogP contribution in [0.15, 0.2) is 129 Å². The van der Waals surface area contributed by atoms with Crippen molar-refractivity contribution in [3.63, 3.8) is 0 Å². The second-order valence-electron chi connectivity index (χ2n) is 38.2. The number of hydrogen-bond donors (Lipinski definition) is 10. The number of ether oxygens (including phenoxy) is 7. The molecule has 7 aromatic rings. The fourth-order valence-corrected chi connectivity index (χ4v) is 18.3. The van der Waals surface area contributed by atoms with Crippen LogP contribution in [0.4, 0.5) is 17.6 Å². The third-order valence-corrected chi connectivity index (χ3v) is 28.4. The minimum Gasteiger partial charge on any atom is -0.490 e. The molecule has 24 nitrogen and oxygen atoms in total. The molecule has 129 heavy (non-hydrogen) atoms. The number of alkyl halides is 4. The van der Waals surface area contributed by atoms with E-state index in [1.165, 1.54) is 103 Å². The van der Waals surface area contributed by atoms with Gasteiger partial charge in [0.15, 0.2) is 0 Å². The fraction of sp³-hybridized carbons (Fsp3) is 0.653. The first kappa shape index (κ1) is 95.6. The number of nitrogens with zero attached hydrogens (tertiary/aromatic N) is 7. The van der Waals surface area contributed by atoms with Crippen LogP contribution >= 0.6 is 0 Å². The van der Waals surface area contributed by atoms with Gasteiger partial charge in [-0.05, 0) is 364 Å². The predicted octanol–water partition coefficient (Wildman–Crippen LogP) is 14.2. The van der Waals surface area contributed by atoms with E-state index in [-0.39, 0.29) is 26.7 Å². The van der Waals surface area contributed by atoms with Crippen molar-refractivity contribution in [2.75, 3.05) is 139 Å². The van der Waals surface area contributed by atoms with Gasteiger partial charge in [-0.25, -0.2) is 0 Å². The first-order valence-electron chi connectivity index (χ1n) is 48.8. The van der Waals surface area contributed by atoms with Crippen molar-refractivity contribution in [1.82, 2.24) is 72.1 Å². The van der Waals surface area contributed by atoms with Crippen LogP contribution in [0.3, 0.4) is 0 Å². The van der Waals surface area contributed by atoms with E-state index in [1.807, 2.05) is 43.4 Å². The Morgan fingerprint density at radius 1 is 0.233 bits per heavy atom. The molecule has 0 bridgehead atoms. The van der Waals surface area contributed by atoms with Crippen molar-refractivity contribution in [3.8, 4) is 40.2 Å². The highest BCUT2D eigenvalue weighted by Crippen LogP contribution is 2.55. The Morgan fingerprint density at radius 2 is 0.380 bits per heavy atom. The van der Waals surface area contributed by atoms with Crippen molar-refractivity contribution in [1.29, 1.82) is 0 Å². The van der Waals surface area contributed by atoms with E-state index >= 15 is 0 Å². The lowest BCUT2D eigenvalue weighted by Crippen LogP contribution is -2.46. The molecule has 21 rings (SSSR count). The van der Waals surface area contributed by atoms with Crippen LogP contribution < -0.4 is 70.4 Å². The van der Waals surface area contributed by atoms with Gasteiger partial charge in [0.25, 0.3) is 0 Å². The Hall–Kier alpha value is -8.03. The minimum atomic E-state index is -0.210. The molecule has 7 saturated heterocycles. The molecular formula is C101H142F4N14O10. The lowest BCUT2D eigenvalue weighted by atomic mass is 10.1. The molecule has 704 valence electrons. The zero-order chi connectivity index (χ0) is 88.7. The Labute approximate surface area is 760 Å². The van der Waals surface area contributed by atoms with E-state index in [1.54, 1.807) is 43.4 Å². The van der Waals surface area contributed by atoms with E-state index in [2.05, 4.69) is 115 Å². The second kappa shape index (κ2) is 50.2. The van der Waals surface area contributed by atoms with Crippen molar-refractivity contribution in [2.45, 2.75) is 238 Å². The molecule has 7 saturated carbocycles. The maximum atomic E-state index is 12.3. The summed E-state index contributed by atoms with van der Waals surface area (Å²) in [5.41, 5.74) is 8.69. The largest absolute Gasteiger partial charge is 0.490 e. The Balaban J connectivity index is 0.000000116. The number of halogens is 4. The molecule has 10 N–H and O–H groups in total. The van der Waals surface area contributed by atoms with Crippen molar-refractivity contribution in [3.05, 3.63) is 168 Å². The second-order valence-corrected chi connectivity index (χ2v) is 38.2. The van der Waals surface area contributed by atoms with E-state index in [0.717, 1.165) is 188 Å². The number of hydrogen-bond acceptors (Lipinski definition) is 24. The molecule has 0 spiro atoms. The van der Waals surface area contributed by atoms with Crippen LogP contribution in [0.25, 0.3) is 0 Å². The number of aliphatic hydroxyl groups is 3. The topological polar surface area (TPSA) is 300 Å². The Morgan fingerprint density at radius 3 is 0.504 bits per heavy atom. The molecule has 7 aliphatic carbocycles. The van der Waals surface area contributed by atoms with Crippen LogP contribution in [0, 0.1) is 41.4 Å². The molecular weight excluding hydrogens is 1650 g/mol. The first-order chi connectivity index (χ1) is 63.6. The molecule has 7 aliphatic heterocycles. The average molecular weight is 1790 g/mol. The van der Waals surface area contributed by atoms with E-state index in [0.29, 0.717) is 179 Å². The average Bonchev–Trinajstić information content (AvgIpc) is 2.18. The van der Waals surface area contributed by atoms with Crippen LogP contribution in [0.5, 0.6) is 40.2 Å². The number of aromatic nitrogens is 7. The highest BCUT2D eigenvalue weighted by atomic mass is 19.1. The molecule has 14 aliphatic rings. The zero-order valence-corrected chi connectivity index (χ0v) is 75.4. The summed E-state index contributed by atoms with van der Waals surface area (Å²) in [4.78, 5) is 29.8. The van der Waals surface area contributed by atoms with Crippen LogP contribution in [0.1, 0.15) is 234 Å². The van der Waals surface area contributed by atoms with Crippen molar-refractivity contribution < 1.29 is 66.0 Å². The molecule has 0 aromatic carbocycles. The van der Waals surface area contributed by atoms with Gasteiger partial charge in [-0.15, -0.1) is 0 Å². The monoisotopic (exact) mass is 1790 g/mol. The summed E-state index contributed by atoms with van der Waals surface area (Å²) in [5.74, 6) is 14.2. The molecule has 0 radical (unpaired) electrons. The SMILES string of the molecule is FCC[C@@H]1CC1c1cncc(OC[C@@H]2CCN2)c1.FCC[C@@H]1C[C@@H]1c1cncc(OC[C@@H]2CCN2)c1.FCC[C@H]1CC1c1cncc(OC[C@@H]2CCN2)c1.FCC[C@H]1C[C@@H]1c1cncc(OC[C@@H]2CCN2)c1.OCCC[C@@H]1CC1c1cncc(OC[C@@H]2CCN2)c1.OCCC[C@@H]1C[C@@H]1c1cncc(OC[C@@H]2CCN2)c1.OCCC[C@H]1C[C@@H]1c1cncc(OC[C@@H]2CCN2)c1. The maximum absolute atomic E-state index is 12.3. The van der Waals surface area contributed by atoms with E-state index in [4.69, 9.17) is 48.5 Å². The van der Waals surface area contributed by atoms with Gasteiger partial charge in [0.2, 0.25) is 0 Å². The summed E-state index contributed by atoms with van der Waals surface area (Å²) < 4.78 is 89.3. The van der Waals surface area contributed by atoms with Crippen LogP contribution in [0.2, 0.25) is 0 Å². The minimum absolute atomic E-state index is 0.210. The van der Waals surface area contributed by atoms with E-state index < -0.39 is 0 Å². The quantitative estimate of drug-likeness (QED) is 0.0159. The number of aliphatic hydroxyl groups excluding tert-OH is 3. The molecule has 21 atom stereocenters. The van der Waals surface area contributed by atoms with Gasteiger partial charge < -0.3 is 85.7 Å². The fourth-order valence-electron chi connectivity index (χ4n) is 18.3. The standard InChI is InChI=1S/3C15H22N2O2.4C14H19FN2O/c3*18-5-1-2-11-7-15(11)12-6-14(9-16-8-12)19-10-13-3-4-17-13;4*15-3-1-10-6-14(10)11-5-13(8-16-7-11)18-9-12-2-4-17-12/h3*6,8-9,11,13,15,17-18H,1-5,7,10H2;4*5,7-8,10,12,14,17H,1-4,6,9H2/t11-,13+,15?;11-,13+,15+;11-,13-,15-;10-,12+,14?;10-,12+,14+;10-,12-,14?;10-,12-,14-/m1101100/s1. The summed E-state index contributed by atoms with van der Waals surface area (Å²) in [6.07, 6.45) is 51.1. The summed E-state index contributed by atoms with van der Waals surface area (Å²) in [5, 5.41) is 49.8. The number of nitrogens with one attached hydrogen (secondary N) is 7. The lowest BCUT2D eigenvalue weighted by molar-refractivity contribution is 0.216. The van der Waals surface area contributed by atoms with Gasteiger partial charge >= 0.3 is 0 Å². The number of pyridine rings is 7. The maximum Gasteiger partial charge on any atom is 0.137 e. The van der Waals surface area contributed by atoms with Crippen molar-refractivity contribution >= 4 is 0 Å². The summed E-state index contributed by atoms with van der Waals surface area (Å²) >= 11 is 0. The smallest absolute Gasteiger partial charge is 0.137 e. The third-order valence-electron chi connectivity index (χ3n) is 28.4. The molecule has 3 unspecified atom stereocenters. The van der Waals surface area contributed by atoms with Gasteiger partial charge in [-0.2, -0.15) is 0 Å². The highest BCUT2D eigenvalue weighted by molar-refractivity contribution is 5.36. The molecule has 14 fully saturated rings. The summed E-state index contributed by atoms with van der Waals surface area (Å²) in [7, 11) is 0. The lowest BCUT2D eigenvalue weighted by Gasteiger charge is -2.27.